The van der Waals surface area contributed by atoms with Crippen molar-refractivity contribution in [1.82, 2.24) is 9.62 Å². The van der Waals surface area contributed by atoms with Gasteiger partial charge in [-0.25, -0.2) is 17.5 Å². The molecule has 1 fully saturated rings. The monoisotopic (exact) mass is 438 g/mol. The van der Waals surface area contributed by atoms with Gasteiger partial charge in [-0.05, 0) is 30.5 Å². The number of hydrogen-bond donors (Lipinski definition) is 2. The molecule has 0 aromatic heterocycles. The molecule has 1 heterocycles. The van der Waals surface area contributed by atoms with Crippen LogP contribution in [0.3, 0.4) is 0 Å². The molecule has 9 heteroatoms. The van der Waals surface area contributed by atoms with E-state index in [2.05, 4.69) is 5.32 Å². The first-order chi connectivity index (χ1) is 13.8. The maximum atomic E-state index is 12.9. The van der Waals surface area contributed by atoms with Gasteiger partial charge in [-0.15, -0.1) is 0 Å². The van der Waals surface area contributed by atoms with Gasteiger partial charge in [-0.3, -0.25) is 0 Å². The minimum Gasteiger partial charge on any atom is -0.489 e. The van der Waals surface area contributed by atoms with Crippen molar-refractivity contribution in [2.45, 2.75) is 25.0 Å². The number of sulfonamides is 1. The second kappa shape index (κ2) is 9.47. The molecule has 29 heavy (non-hydrogen) atoms. The van der Waals surface area contributed by atoms with E-state index in [0.29, 0.717) is 42.3 Å². The molecule has 2 aromatic carbocycles. The molecular formula is C20H23ClN2O5S. The predicted molar refractivity (Wildman–Crippen MR) is 111 cm³/mol. The average Bonchev–Trinajstić information content (AvgIpc) is 2.70. The summed E-state index contributed by atoms with van der Waals surface area (Å²) in [4.78, 5) is 11.1. The van der Waals surface area contributed by atoms with Gasteiger partial charge in [-0.1, -0.05) is 54.1 Å². The number of ether oxygens (including phenoxy) is 1. The quantitative estimate of drug-likeness (QED) is 0.689. The highest BCUT2D eigenvalue weighted by molar-refractivity contribution is 7.89. The zero-order chi connectivity index (χ0) is 20.9. The number of rotatable bonds is 7. The number of piperidine rings is 1. The zero-order valence-electron chi connectivity index (χ0n) is 15.7. The molecule has 0 bridgehead atoms. The van der Waals surface area contributed by atoms with Crippen LogP contribution >= 0.6 is 11.6 Å². The SMILES string of the molecule is O=C(O)N[C@@H](CS(=O)(=O)N1CCC(Oc2ccccc2Cl)CC1)c1ccccc1. The van der Waals surface area contributed by atoms with Crippen molar-refractivity contribution in [2.75, 3.05) is 18.8 Å². The smallest absolute Gasteiger partial charge is 0.405 e. The van der Waals surface area contributed by atoms with Gasteiger partial charge in [0.05, 0.1) is 16.8 Å². The molecule has 0 aliphatic carbocycles. The zero-order valence-corrected chi connectivity index (χ0v) is 17.3. The first-order valence-corrected chi connectivity index (χ1v) is 11.3. The largest absolute Gasteiger partial charge is 0.489 e. The number of amides is 1. The van der Waals surface area contributed by atoms with Crippen LogP contribution < -0.4 is 10.1 Å². The van der Waals surface area contributed by atoms with E-state index in [-0.39, 0.29) is 11.9 Å². The molecule has 0 radical (unpaired) electrons. The molecule has 1 saturated heterocycles. The molecule has 3 rings (SSSR count). The van der Waals surface area contributed by atoms with Gasteiger partial charge in [0.1, 0.15) is 11.9 Å². The Labute approximate surface area is 175 Å². The molecule has 0 saturated carbocycles. The maximum absolute atomic E-state index is 12.9. The summed E-state index contributed by atoms with van der Waals surface area (Å²) < 4.78 is 33.1. The molecule has 2 N–H and O–H groups in total. The van der Waals surface area contributed by atoms with Crippen molar-refractivity contribution in [3.05, 3.63) is 65.2 Å². The Kier molecular flexibility index (Phi) is 7.00. The van der Waals surface area contributed by atoms with Gasteiger partial charge in [0.15, 0.2) is 0 Å². The lowest BCUT2D eigenvalue weighted by Gasteiger charge is -2.32. The van der Waals surface area contributed by atoms with Crippen LogP contribution in [-0.2, 0) is 10.0 Å². The summed E-state index contributed by atoms with van der Waals surface area (Å²) >= 11 is 6.12. The number of halogens is 1. The third-order valence-corrected chi connectivity index (χ3v) is 7.02. The molecular weight excluding hydrogens is 416 g/mol. The summed E-state index contributed by atoms with van der Waals surface area (Å²) in [6.07, 6.45) is -0.316. The third-order valence-electron chi connectivity index (χ3n) is 4.80. The molecule has 1 aliphatic rings. The Morgan fingerprint density at radius 3 is 2.38 bits per heavy atom. The normalized spacial score (nSPS) is 16.9. The fourth-order valence-corrected chi connectivity index (χ4v) is 5.17. The molecule has 1 amide bonds. The maximum Gasteiger partial charge on any atom is 0.405 e. The van der Waals surface area contributed by atoms with Gasteiger partial charge in [-0.2, -0.15) is 0 Å². The second-order valence-electron chi connectivity index (χ2n) is 6.84. The predicted octanol–water partition coefficient (Wildman–Crippen LogP) is 3.52. The van der Waals surface area contributed by atoms with E-state index in [0.717, 1.165) is 0 Å². The highest BCUT2D eigenvalue weighted by atomic mass is 35.5. The summed E-state index contributed by atoms with van der Waals surface area (Å²) in [5, 5.41) is 11.9. The lowest BCUT2D eigenvalue weighted by Crippen LogP contribution is -2.45. The number of nitrogens with zero attached hydrogens (tertiary/aromatic N) is 1. The van der Waals surface area contributed by atoms with Crippen molar-refractivity contribution in [1.29, 1.82) is 0 Å². The first kappa shape index (κ1) is 21.4. The first-order valence-electron chi connectivity index (χ1n) is 9.28. The number of hydrogen-bond acceptors (Lipinski definition) is 4. The summed E-state index contributed by atoms with van der Waals surface area (Å²) in [6.45, 7) is 0.623. The van der Waals surface area contributed by atoms with Gasteiger partial charge in [0, 0.05) is 13.1 Å². The number of carbonyl (C=O) groups is 1. The van der Waals surface area contributed by atoms with Crippen molar-refractivity contribution in [3.8, 4) is 5.75 Å². The third kappa shape index (κ3) is 5.85. The summed E-state index contributed by atoms with van der Waals surface area (Å²) in [5.41, 5.74) is 0.607. The molecule has 1 aliphatic heterocycles. The number of para-hydroxylation sites is 1. The Morgan fingerprint density at radius 2 is 1.76 bits per heavy atom. The molecule has 7 nitrogen and oxygen atoms in total. The van der Waals surface area contributed by atoms with Crippen LogP contribution in [0.5, 0.6) is 5.75 Å². The molecule has 156 valence electrons. The summed E-state index contributed by atoms with van der Waals surface area (Å²) in [5.74, 6) is 0.254. The van der Waals surface area contributed by atoms with Crippen molar-refractivity contribution < 1.29 is 23.1 Å². The Morgan fingerprint density at radius 1 is 1.14 bits per heavy atom. The van der Waals surface area contributed by atoms with Crippen molar-refractivity contribution in [2.24, 2.45) is 0 Å². The van der Waals surface area contributed by atoms with Crippen LogP contribution in [-0.4, -0.2) is 48.9 Å². The fourth-order valence-electron chi connectivity index (χ4n) is 3.32. The Balaban J connectivity index is 1.62. The van der Waals surface area contributed by atoms with E-state index in [1.165, 1.54) is 4.31 Å². The van der Waals surface area contributed by atoms with Crippen LogP contribution in [0.1, 0.15) is 24.4 Å². The van der Waals surface area contributed by atoms with E-state index < -0.39 is 22.2 Å². The van der Waals surface area contributed by atoms with E-state index in [1.54, 1.807) is 42.5 Å². The topological polar surface area (TPSA) is 95.9 Å². The minimum absolute atomic E-state index is 0.122. The van der Waals surface area contributed by atoms with E-state index in [1.807, 2.05) is 12.1 Å². The van der Waals surface area contributed by atoms with Crippen molar-refractivity contribution >= 4 is 27.7 Å². The summed E-state index contributed by atoms with van der Waals surface area (Å²) in [6, 6.07) is 15.0. The van der Waals surface area contributed by atoms with E-state index in [4.69, 9.17) is 21.4 Å². The molecule has 0 unspecified atom stereocenters. The highest BCUT2D eigenvalue weighted by Crippen LogP contribution is 2.28. The van der Waals surface area contributed by atoms with Gasteiger partial charge in [0.25, 0.3) is 0 Å². The number of benzene rings is 2. The Bertz CT molecular complexity index is 931. The highest BCUT2D eigenvalue weighted by Gasteiger charge is 2.32. The second-order valence-corrected chi connectivity index (χ2v) is 9.26. The lowest BCUT2D eigenvalue weighted by atomic mass is 10.1. The standard InChI is InChI=1S/C20H23ClN2O5S/c21-17-8-4-5-9-19(17)28-16-10-12-23(13-11-16)29(26,27)14-18(22-20(24)25)15-6-2-1-3-7-15/h1-9,16,18,22H,10-14H2,(H,24,25)/t18-/m0/s1. The number of nitrogens with one attached hydrogen (secondary N) is 1. The fraction of sp³-hybridized carbons (Fsp3) is 0.350. The molecule has 0 spiro atoms. The van der Waals surface area contributed by atoms with Crippen LogP contribution in [0.15, 0.2) is 54.6 Å². The van der Waals surface area contributed by atoms with Gasteiger partial charge < -0.3 is 15.2 Å². The molecule has 1 atom stereocenters. The van der Waals surface area contributed by atoms with Crippen LogP contribution in [0.2, 0.25) is 5.02 Å². The van der Waals surface area contributed by atoms with Crippen LogP contribution in [0.4, 0.5) is 4.79 Å². The summed E-state index contributed by atoms with van der Waals surface area (Å²) in [7, 11) is -3.65. The lowest BCUT2D eigenvalue weighted by molar-refractivity contribution is 0.135. The van der Waals surface area contributed by atoms with E-state index in [9.17, 15) is 13.2 Å². The van der Waals surface area contributed by atoms with Crippen LogP contribution in [0.25, 0.3) is 0 Å². The average molecular weight is 439 g/mol. The van der Waals surface area contributed by atoms with E-state index >= 15 is 0 Å². The van der Waals surface area contributed by atoms with Gasteiger partial charge >= 0.3 is 6.09 Å². The number of carboxylic acid groups (broad SMARTS) is 1. The molecule has 2 aromatic rings. The Hall–Kier alpha value is -2.29. The van der Waals surface area contributed by atoms with Gasteiger partial charge in [0.2, 0.25) is 10.0 Å². The van der Waals surface area contributed by atoms with Crippen LogP contribution in [0, 0.1) is 0 Å². The minimum atomic E-state index is -3.65. The van der Waals surface area contributed by atoms with Crippen molar-refractivity contribution in [3.63, 3.8) is 0 Å².